The molecule has 7 nitrogen and oxygen atoms in total. The number of fused-ring (bicyclic) bond motifs is 2. The van der Waals surface area contributed by atoms with Crippen molar-refractivity contribution in [1.29, 1.82) is 0 Å². The number of rotatable bonds is 8. The van der Waals surface area contributed by atoms with Crippen molar-refractivity contribution in [2.75, 3.05) is 18.0 Å². The predicted octanol–water partition coefficient (Wildman–Crippen LogP) is 6.32. The molecule has 4 aromatic carbocycles. The lowest BCUT2D eigenvalue weighted by atomic mass is 10.0. The van der Waals surface area contributed by atoms with E-state index < -0.39 is 0 Å². The molecule has 2 aromatic heterocycles. The largest absolute Gasteiger partial charge is 0.393 e. The Labute approximate surface area is 249 Å². The number of aromatic amines is 1. The van der Waals surface area contributed by atoms with E-state index in [0.717, 1.165) is 70.2 Å². The zero-order valence-electron chi connectivity index (χ0n) is 23.7. The van der Waals surface area contributed by atoms with Crippen LogP contribution in [-0.4, -0.2) is 50.6 Å². The Bertz CT molecular complexity index is 1930. The Balaban J connectivity index is 1.01. The lowest BCUT2D eigenvalue weighted by Gasteiger charge is -2.31. The van der Waals surface area contributed by atoms with Gasteiger partial charge in [-0.1, -0.05) is 18.2 Å². The third-order valence-corrected chi connectivity index (χ3v) is 8.44. The molecule has 1 aliphatic heterocycles. The highest BCUT2D eigenvalue weighted by Gasteiger charge is 2.18. The number of aliphatic hydroxyl groups is 1. The molecule has 0 spiro atoms. The molecule has 6 aromatic rings. The van der Waals surface area contributed by atoms with Crippen LogP contribution in [0, 0.1) is 0 Å². The number of ketones is 2. The van der Waals surface area contributed by atoms with Crippen molar-refractivity contribution < 1.29 is 14.7 Å². The van der Waals surface area contributed by atoms with E-state index in [1.54, 1.807) is 0 Å². The number of carbonyl (C=O) groups is 2. The van der Waals surface area contributed by atoms with Gasteiger partial charge in [-0.05, 0) is 96.8 Å². The Morgan fingerprint density at radius 1 is 0.744 bits per heavy atom. The van der Waals surface area contributed by atoms with Gasteiger partial charge in [-0.2, -0.15) is 5.10 Å². The van der Waals surface area contributed by atoms with Crippen molar-refractivity contribution in [1.82, 2.24) is 14.8 Å². The van der Waals surface area contributed by atoms with Gasteiger partial charge in [-0.25, -0.2) is 4.68 Å². The molecule has 0 amide bonds. The molecule has 7 rings (SSSR count). The summed E-state index contributed by atoms with van der Waals surface area (Å²) in [6.45, 7) is 1.66. The average molecular weight is 569 g/mol. The molecule has 1 fully saturated rings. The second-order valence-electron chi connectivity index (χ2n) is 11.4. The molecule has 0 saturated carbocycles. The molecule has 7 heteroatoms. The fraction of sp³-hybridized carbons (Fsp3) is 0.194. The summed E-state index contributed by atoms with van der Waals surface area (Å²) >= 11 is 0. The van der Waals surface area contributed by atoms with E-state index in [9.17, 15) is 14.7 Å². The fourth-order valence-electron chi connectivity index (χ4n) is 5.94. The first-order chi connectivity index (χ1) is 21.0. The van der Waals surface area contributed by atoms with Crippen LogP contribution in [0.2, 0.25) is 0 Å². The van der Waals surface area contributed by atoms with Gasteiger partial charge >= 0.3 is 0 Å². The van der Waals surface area contributed by atoms with E-state index in [1.165, 1.54) is 0 Å². The van der Waals surface area contributed by atoms with E-state index in [4.69, 9.17) is 0 Å². The topological polar surface area (TPSA) is 91.2 Å². The Hall–Kier alpha value is -5.01. The Morgan fingerprint density at radius 2 is 1.42 bits per heavy atom. The predicted molar refractivity (Wildman–Crippen MR) is 169 cm³/mol. The van der Waals surface area contributed by atoms with Crippen LogP contribution in [0.3, 0.4) is 0 Å². The van der Waals surface area contributed by atoms with Gasteiger partial charge in [0.15, 0.2) is 11.6 Å². The Kier molecular flexibility index (Phi) is 7.09. The maximum atomic E-state index is 13.1. The number of hydrogen-bond donors (Lipinski definition) is 2. The monoisotopic (exact) mass is 568 g/mol. The first kappa shape index (κ1) is 26.9. The molecule has 0 bridgehead atoms. The van der Waals surface area contributed by atoms with Crippen molar-refractivity contribution in [3.05, 3.63) is 126 Å². The molecule has 43 heavy (non-hydrogen) atoms. The summed E-state index contributed by atoms with van der Waals surface area (Å²) in [6.07, 6.45) is 5.69. The van der Waals surface area contributed by atoms with Gasteiger partial charge in [0, 0.05) is 65.2 Å². The van der Waals surface area contributed by atoms with Crippen LogP contribution in [0.15, 0.2) is 103 Å². The molecule has 0 radical (unpaired) electrons. The number of aliphatic hydroxyl groups excluding tert-OH is 1. The highest BCUT2D eigenvalue weighted by atomic mass is 16.3. The molecular weight excluding hydrogens is 536 g/mol. The zero-order valence-corrected chi connectivity index (χ0v) is 23.7. The van der Waals surface area contributed by atoms with Crippen LogP contribution in [0.25, 0.3) is 27.5 Å². The number of aromatic nitrogens is 3. The Morgan fingerprint density at radius 3 is 2.21 bits per heavy atom. The minimum absolute atomic E-state index is 0.0746. The number of nitrogens with one attached hydrogen (secondary N) is 1. The van der Waals surface area contributed by atoms with Crippen LogP contribution < -0.4 is 4.90 Å². The average Bonchev–Trinajstić information content (AvgIpc) is 3.68. The minimum atomic E-state index is -0.207. The third-order valence-electron chi connectivity index (χ3n) is 8.44. The fourth-order valence-corrected chi connectivity index (χ4v) is 5.94. The second-order valence-corrected chi connectivity index (χ2v) is 11.4. The van der Waals surface area contributed by atoms with E-state index in [-0.39, 0.29) is 17.7 Å². The molecular formula is C36H32N4O3. The van der Waals surface area contributed by atoms with E-state index in [2.05, 4.69) is 15.0 Å². The summed E-state index contributed by atoms with van der Waals surface area (Å²) in [4.78, 5) is 31.4. The summed E-state index contributed by atoms with van der Waals surface area (Å²) < 4.78 is 1.88. The van der Waals surface area contributed by atoms with Gasteiger partial charge in [0.25, 0.3) is 0 Å². The summed E-state index contributed by atoms with van der Waals surface area (Å²) in [5, 5.41) is 16.4. The molecule has 3 heterocycles. The molecule has 214 valence electrons. The van der Waals surface area contributed by atoms with Gasteiger partial charge < -0.3 is 15.0 Å². The van der Waals surface area contributed by atoms with Crippen LogP contribution in [0.4, 0.5) is 5.69 Å². The van der Waals surface area contributed by atoms with Crippen LogP contribution in [0.5, 0.6) is 0 Å². The maximum Gasteiger partial charge on any atom is 0.167 e. The highest BCUT2D eigenvalue weighted by molar-refractivity contribution is 6.01. The minimum Gasteiger partial charge on any atom is -0.393 e. The van der Waals surface area contributed by atoms with Gasteiger partial charge in [-0.15, -0.1) is 0 Å². The summed E-state index contributed by atoms with van der Waals surface area (Å²) in [5.41, 5.74) is 7.27. The first-order valence-corrected chi connectivity index (χ1v) is 14.7. The number of Topliss-reactive ketones (excluding diaryl/α,β-unsaturated/α-hetero) is 2. The number of anilines is 1. The normalized spacial score (nSPS) is 14.0. The second kappa shape index (κ2) is 11.3. The lowest BCUT2D eigenvalue weighted by molar-refractivity contribution is 0.0985. The van der Waals surface area contributed by atoms with E-state index in [1.807, 2.05) is 108 Å². The molecule has 0 aliphatic carbocycles. The molecule has 2 N–H and O–H groups in total. The lowest BCUT2D eigenvalue weighted by Crippen LogP contribution is -2.35. The number of piperidine rings is 1. The highest BCUT2D eigenvalue weighted by Crippen LogP contribution is 2.24. The van der Waals surface area contributed by atoms with E-state index >= 15 is 0 Å². The van der Waals surface area contributed by atoms with Gasteiger partial charge in [0.1, 0.15) is 0 Å². The molecule has 0 atom stereocenters. The van der Waals surface area contributed by atoms with Crippen molar-refractivity contribution >= 4 is 39.1 Å². The smallest absolute Gasteiger partial charge is 0.167 e. The number of carbonyl (C=O) groups excluding carboxylic acids is 2. The van der Waals surface area contributed by atoms with Gasteiger partial charge in [0.2, 0.25) is 0 Å². The van der Waals surface area contributed by atoms with Crippen molar-refractivity contribution in [3.8, 4) is 5.69 Å². The number of nitrogens with zero attached hydrogens (tertiary/aromatic N) is 3. The SMILES string of the molecule is O=C(Cc1ccc2c(cnn2-c2ccc(CC(=O)c3ccc4[nH]ccc4c3)cc2)c1)c1ccc(N2CCC(O)CC2)cc1. The number of H-pyrrole nitrogens is 1. The van der Waals surface area contributed by atoms with Crippen LogP contribution in [-0.2, 0) is 12.8 Å². The number of hydrogen-bond acceptors (Lipinski definition) is 5. The first-order valence-electron chi connectivity index (χ1n) is 14.7. The molecule has 1 aliphatic rings. The van der Waals surface area contributed by atoms with E-state index in [0.29, 0.717) is 24.0 Å². The summed E-state index contributed by atoms with van der Waals surface area (Å²) in [5.74, 6) is 0.159. The van der Waals surface area contributed by atoms with Crippen molar-refractivity contribution in [2.24, 2.45) is 0 Å². The summed E-state index contributed by atoms with van der Waals surface area (Å²) in [6, 6.07) is 29.5. The third kappa shape index (κ3) is 5.59. The number of benzene rings is 4. The standard InChI is InChI=1S/C36H32N4O3/c41-32-14-17-39(18-15-32)30-9-4-26(5-10-30)35(42)21-25-3-12-34-29(19-25)23-38-40(34)31-7-1-24(2-8-31)20-36(43)28-6-11-33-27(22-28)13-16-37-33/h1-13,16,19,22-23,32,37,41H,14-15,17-18,20-21H2. The zero-order chi connectivity index (χ0) is 29.3. The van der Waals surface area contributed by atoms with Crippen LogP contribution >= 0.6 is 0 Å². The molecule has 0 unspecified atom stereocenters. The molecule has 1 saturated heterocycles. The van der Waals surface area contributed by atoms with Crippen LogP contribution in [0.1, 0.15) is 44.7 Å². The maximum absolute atomic E-state index is 13.1. The quantitative estimate of drug-likeness (QED) is 0.210. The van der Waals surface area contributed by atoms with Gasteiger partial charge in [-0.3, -0.25) is 9.59 Å². The van der Waals surface area contributed by atoms with Gasteiger partial charge in [0.05, 0.1) is 23.5 Å². The van der Waals surface area contributed by atoms with Crippen molar-refractivity contribution in [2.45, 2.75) is 31.8 Å². The van der Waals surface area contributed by atoms with Crippen molar-refractivity contribution in [3.63, 3.8) is 0 Å². The summed E-state index contributed by atoms with van der Waals surface area (Å²) in [7, 11) is 0.